The Labute approximate surface area is 99.1 Å². The molecule has 0 bridgehead atoms. The number of carboxylic acid groups (broad SMARTS) is 1. The Bertz CT molecular complexity index is 376. The van der Waals surface area contributed by atoms with Gasteiger partial charge in [-0.05, 0) is 53.9 Å². The van der Waals surface area contributed by atoms with Crippen molar-refractivity contribution < 1.29 is 15.0 Å². The maximum Gasteiger partial charge on any atom is 0.338 e. The minimum absolute atomic E-state index is 0.000648. The molecular weight excluding hydrogens is 372 g/mol. The van der Waals surface area contributed by atoms with Gasteiger partial charge in [0.2, 0.25) is 0 Å². The van der Waals surface area contributed by atoms with Crippen molar-refractivity contribution in [3.05, 3.63) is 25.0 Å². The summed E-state index contributed by atoms with van der Waals surface area (Å²) in [5.74, 6) is -1.23. The number of hydrogen-bond donors (Lipinski definition) is 2. The largest absolute Gasteiger partial charge is 0.506 e. The highest BCUT2D eigenvalue weighted by atomic mass is 79.9. The van der Waals surface area contributed by atoms with Gasteiger partial charge in [-0.2, -0.15) is 0 Å². The second kappa shape index (κ2) is 3.98. The van der Waals surface area contributed by atoms with Crippen molar-refractivity contribution in [3.8, 4) is 5.75 Å². The van der Waals surface area contributed by atoms with Crippen molar-refractivity contribution in [3.63, 3.8) is 0 Å². The van der Waals surface area contributed by atoms with Crippen LogP contribution in [0, 0.1) is 0 Å². The SMILES string of the molecule is O=C(O)c1c(Br)cc(Br)c(O)c1Br. The summed E-state index contributed by atoms with van der Waals surface area (Å²) < 4.78 is 0.981. The summed E-state index contributed by atoms with van der Waals surface area (Å²) in [6.45, 7) is 0. The first-order chi connectivity index (χ1) is 5.95. The van der Waals surface area contributed by atoms with Gasteiger partial charge in [0.15, 0.2) is 0 Å². The molecule has 3 nitrogen and oxygen atoms in total. The first-order valence-electron chi connectivity index (χ1n) is 3.05. The molecule has 1 aromatic carbocycles. The summed E-state index contributed by atoms with van der Waals surface area (Å²) in [7, 11) is 0. The molecule has 6 heteroatoms. The van der Waals surface area contributed by atoms with E-state index in [1.54, 1.807) is 0 Å². The maximum absolute atomic E-state index is 10.7. The predicted octanol–water partition coefficient (Wildman–Crippen LogP) is 3.38. The summed E-state index contributed by atoms with van der Waals surface area (Å²) in [6.07, 6.45) is 0. The first kappa shape index (κ1) is 11.0. The van der Waals surface area contributed by atoms with Gasteiger partial charge in [0.25, 0.3) is 0 Å². The van der Waals surface area contributed by atoms with Crippen molar-refractivity contribution in [1.29, 1.82) is 0 Å². The van der Waals surface area contributed by atoms with Crippen molar-refractivity contribution in [1.82, 2.24) is 0 Å². The van der Waals surface area contributed by atoms with E-state index in [4.69, 9.17) is 5.11 Å². The molecule has 0 radical (unpaired) electrons. The third-order valence-electron chi connectivity index (χ3n) is 1.36. The molecule has 0 aliphatic heterocycles. The van der Waals surface area contributed by atoms with E-state index in [0.29, 0.717) is 8.95 Å². The van der Waals surface area contributed by atoms with Crippen LogP contribution in [0.1, 0.15) is 10.4 Å². The Balaban J connectivity index is 3.53. The number of hydrogen-bond acceptors (Lipinski definition) is 2. The van der Waals surface area contributed by atoms with Crippen LogP contribution in [0.4, 0.5) is 0 Å². The zero-order valence-corrected chi connectivity index (χ0v) is 10.8. The van der Waals surface area contributed by atoms with E-state index in [1.807, 2.05) is 0 Å². The van der Waals surface area contributed by atoms with Gasteiger partial charge in [-0.25, -0.2) is 4.79 Å². The Morgan fingerprint density at radius 1 is 1.23 bits per heavy atom. The lowest BCUT2D eigenvalue weighted by Gasteiger charge is -2.06. The van der Waals surface area contributed by atoms with E-state index >= 15 is 0 Å². The average Bonchev–Trinajstić information content (AvgIpc) is 1.99. The number of phenols is 1. The zero-order valence-electron chi connectivity index (χ0n) is 6.01. The second-order valence-electron chi connectivity index (χ2n) is 2.18. The topological polar surface area (TPSA) is 57.5 Å². The molecule has 0 heterocycles. The van der Waals surface area contributed by atoms with Crippen molar-refractivity contribution in [2.24, 2.45) is 0 Å². The molecule has 1 aromatic rings. The molecular formula is C7H3Br3O3. The Kier molecular flexibility index (Phi) is 3.37. The van der Waals surface area contributed by atoms with Crippen LogP contribution in [0.2, 0.25) is 0 Å². The Morgan fingerprint density at radius 2 is 1.77 bits per heavy atom. The van der Waals surface area contributed by atoms with Crippen LogP contribution in [0.5, 0.6) is 5.75 Å². The molecule has 1 rings (SSSR count). The molecule has 0 aliphatic carbocycles. The van der Waals surface area contributed by atoms with Gasteiger partial charge in [0.05, 0.1) is 14.5 Å². The molecule has 70 valence electrons. The van der Waals surface area contributed by atoms with E-state index in [2.05, 4.69) is 47.8 Å². The van der Waals surface area contributed by atoms with Gasteiger partial charge in [0.1, 0.15) is 5.75 Å². The number of carboxylic acids is 1. The zero-order chi connectivity index (χ0) is 10.2. The van der Waals surface area contributed by atoms with Gasteiger partial charge >= 0.3 is 5.97 Å². The monoisotopic (exact) mass is 372 g/mol. The fraction of sp³-hybridized carbons (Fsp3) is 0. The summed E-state index contributed by atoms with van der Waals surface area (Å²) in [4.78, 5) is 10.7. The van der Waals surface area contributed by atoms with Crippen molar-refractivity contribution in [2.45, 2.75) is 0 Å². The molecule has 0 aromatic heterocycles. The second-order valence-corrected chi connectivity index (χ2v) is 4.68. The smallest absolute Gasteiger partial charge is 0.338 e. The van der Waals surface area contributed by atoms with Crippen LogP contribution in [0.25, 0.3) is 0 Å². The standard InChI is InChI=1S/C7H3Br3O3/c8-2-1-3(9)6(11)5(10)4(2)7(12)13/h1,11H,(H,12,13). The molecule has 0 amide bonds. The third-order valence-corrected chi connectivity index (χ3v) is 3.36. The van der Waals surface area contributed by atoms with Crippen LogP contribution in [-0.4, -0.2) is 16.2 Å². The number of aromatic hydroxyl groups is 1. The molecule has 0 fully saturated rings. The minimum atomic E-state index is -1.11. The van der Waals surface area contributed by atoms with E-state index in [0.717, 1.165) is 0 Å². The van der Waals surface area contributed by atoms with Gasteiger partial charge in [-0.1, -0.05) is 0 Å². The van der Waals surface area contributed by atoms with Crippen LogP contribution in [-0.2, 0) is 0 Å². The van der Waals surface area contributed by atoms with Gasteiger partial charge in [-0.3, -0.25) is 0 Å². The fourth-order valence-electron chi connectivity index (χ4n) is 0.776. The number of benzene rings is 1. The minimum Gasteiger partial charge on any atom is -0.506 e. The molecule has 0 atom stereocenters. The van der Waals surface area contributed by atoms with Crippen molar-refractivity contribution in [2.75, 3.05) is 0 Å². The van der Waals surface area contributed by atoms with Gasteiger partial charge < -0.3 is 10.2 Å². The van der Waals surface area contributed by atoms with Crippen LogP contribution in [0.3, 0.4) is 0 Å². The van der Waals surface area contributed by atoms with Gasteiger partial charge in [-0.15, -0.1) is 0 Å². The summed E-state index contributed by atoms with van der Waals surface area (Å²) >= 11 is 9.15. The molecule has 0 unspecified atom stereocenters. The fourth-order valence-corrected chi connectivity index (χ4v) is 3.24. The number of aromatic carboxylic acids is 1. The summed E-state index contributed by atoms with van der Waals surface area (Å²) in [5, 5.41) is 18.2. The number of carbonyl (C=O) groups is 1. The maximum atomic E-state index is 10.7. The molecule has 0 spiro atoms. The van der Waals surface area contributed by atoms with Crippen molar-refractivity contribution >= 4 is 53.8 Å². The molecule has 2 N–H and O–H groups in total. The molecule has 0 saturated heterocycles. The lowest BCUT2D eigenvalue weighted by Crippen LogP contribution is -1.99. The summed E-state index contributed by atoms with van der Waals surface area (Å²) in [5.41, 5.74) is 0.000648. The van der Waals surface area contributed by atoms with Crippen LogP contribution < -0.4 is 0 Å². The van der Waals surface area contributed by atoms with E-state index in [1.165, 1.54) is 6.07 Å². The van der Waals surface area contributed by atoms with E-state index < -0.39 is 5.97 Å². The normalized spacial score (nSPS) is 10.1. The lowest BCUT2D eigenvalue weighted by molar-refractivity contribution is 0.0694. The molecule has 13 heavy (non-hydrogen) atoms. The average molecular weight is 375 g/mol. The van der Waals surface area contributed by atoms with Crippen LogP contribution in [0.15, 0.2) is 19.5 Å². The third kappa shape index (κ3) is 2.05. The Morgan fingerprint density at radius 3 is 2.23 bits per heavy atom. The quantitative estimate of drug-likeness (QED) is 0.792. The van der Waals surface area contributed by atoms with E-state index in [9.17, 15) is 9.90 Å². The van der Waals surface area contributed by atoms with E-state index in [-0.39, 0.29) is 15.8 Å². The Hall–Kier alpha value is -0.0700. The highest BCUT2D eigenvalue weighted by Crippen LogP contribution is 2.39. The number of phenolic OH excluding ortho intramolecular Hbond substituents is 1. The molecule has 0 aliphatic rings. The number of halogens is 3. The first-order valence-corrected chi connectivity index (χ1v) is 5.42. The summed E-state index contributed by atoms with van der Waals surface area (Å²) in [6, 6.07) is 1.48. The van der Waals surface area contributed by atoms with Crippen LogP contribution >= 0.6 is 47.8 Å². The highest BCUT2D eigenvalue weighted by molar-refractivity contribution is 9.11. The number of rotatable bonds is 1. The molecule has 0 saturated carbocycles. The van der Waals surface area contributed by atoms with Gasteiger partial charge in [0, 0.05) is 4.47 Å². The predicted molar refractivity (Wildman–Crippen MR) is 58.2 cm³/mol. The highest BCUT2D eigenvalue weighted by Gasteiger charge is 2.18. The lowest BCUT2D eigenvalue weighted by atomic mass is 10.2.